The second kappa shape index (κ2) is 3.07. The van der Waals surface area contributed by atoms with Crippen molar-refractivity contribution in [2.45, 2.75) is 10.8 Å². The van der Waals surface area contributed by atoms with E-state index in [1.54, 1.807) is 0 Å². The number of nitrogen functional groups attached to an aromatic ring is 1. The molecular formula is C10H12N2OS. The summed E-state index contributed by atoms with van der Waals surface area (Å²) < 4.78 is 5.52. The molecule has 2 unspecified atom stereocenters. The molecule has 0 aromatic heterocycles. The highest BCUT2D eigenvalue weighted by Crippen LogP contribution is 2.48. The van der Waals surface area contributed by atoms with E-state index in [0.29, 0.717) is 10.8 Å². The molecule has 0 saturated carbocycles. The average Bonchev–Trinajstić information content (AvgIpc) is 2.97. The number of nitrogens with two attached hydrogens (primary N) is 1. The van der Waals surface area contributed by atoms with Crippen LogP contribution in [0.2, 0.25) is 0 Å². The summed E-state index contributed by atoms with van der Waals surface area (Å²) in [7, 11) is 0. The monoisotopic (exact) mass is 208 g/mol. The van der Waals surface area contributed by atoms with Gasteiger partial charge in [-0.1, -0.05) is 11.8 Å². The smallest absolute Gasteiger partial charge is 0.135 e. The summed E-state index contributed by atoms with van der Waals surface area (Å²) >= 11 is 1.88. The normalized spacial score (nSPS) is 29.9. The van der Waals surface area contributed by atoms with Crippen LogP contribution in [0.15, 0.2) is 24.3 Å². The SMILES string of the molecule is Nc1ccc(N2CCOC3SC32)cc1. The molecule has 2 aliphatic heterocycles. The van der Waals surface area contributed by atoms with Crippen LogP contribution in [-0.4, -0.2) is 24.0 Å². The van der Waals surface area contributed by atoms with Crippen LogP contribution in [0.1, 0.15) is 0 Å². The zero-order valence-corrected chi connectivity index (χ0v) is 8.54. The fraction of sp³-hybridized carbons (Fsp3) is 0.400. The molecule has 0 radical (unpaired) electrons. The first-order valence-corrected chi connectivity index (χ1v) is 5.68. The Labute approximate surface area is 87.2 Å². The van der Waals surface area contributed by atoms with Gasteiger partial charge in [-0.15, -0.1) is 0 Å². The quantitative estimate of drug-likeness (QED) is 0.561. The van der Waals surface area contributed by atoms with Crippen molar-refractivity contribution in [1.82, 2.24) is 0 Å². The van der Waals surface area contributed by atoms with Crippen LogP contribution < -0.4 is 10.6 Å². The Hall–Kier alpha value is -0.870. The Bertz CT molecular complexity index is 340. The number of hydrogen-bond donors (Lipinski definition) is 1. The van der Waals surface area contributed by atoms with Crippen LogP contribution in [0.5, 0.6) is 0 Å². The molecule has 2 heterocycles. The molecule has 2 fully saturated rings. The predicted octanol–water partition coefficient (Wildman–Crippen LogP) is 1.50. The summed E-state index contributed by atoms with van der Waals surface area (Å²) in [5.74, 6) is 0. The molecule has 1 aromatic carbocycles. The lowest BCUT2D eigenvalue weighted by Crippen LogP contribution is -2.36. The molecule has 3 rings (SSSR count). The number of morpholine rings is 1. The second-order valence-electron chi connectivity index (χ2n) is 3.55. The fourth-order valence-electron chi connectivity index (χ4n) is 1.77. The van der Waals surface area contributed by atoms with E-state index in [9.17, 15) is 0 Å². The first-order chi connectivity index (χ1) is 6.84. The van der Waals surface area contributed by atoms with Gasteiger partial charge >= 0.3 is 0 Å². The minimum absolute atomic E-state index is 0.404. The number of rotatable bonds is 1. The number of thioether (sulfide) groups is 1. The average molecular weight is 208 g/mol. The van der Waals surface area contributed by atoms with E-state index >= 15 is 0 Å². The Morgan fingerprint density at radius 2 is 2.14 bits per heavy atom. The van der Waals surface area contributed by atoms with Gasteiger partial charge in [0.2, 0.25) is 0 Å². The minimum Gasteiger partial charge on any atom is -0.399 e. The van der Waals surface area contributed by atoms with Crippen LogP contribution in [0.25, 0.3) is 0 Å². The van der Waals surface area contributed by atoms with Crippen LogP contribution in [0, 0.1) is 0 Å². The summed E-state index contributed by atoms with van der Waals surface area (Å²) in [4.78, 5) is 2.39. The van der Waals surface area contributed by atoms with Gasteiger partial charge < -0.3 is 15.4 Å². The molecule has 0 bridgehead atoms. The van der Waals surface area contributed by atoms with Gasteiger partial charge in [0.1, 0.15) is 10.8 Å². The maximum atomic E-state index is 5.65. The van der Waals surface area contributed by atoms with Crippen LogP contribution in [0.4, 0.5) is 11.4 Å². The Morgan fingerprint density at radius 1 is 1.36 bits per heavy atom. The minimum atomic E-state index is 0.404. The van der Waals surface area contributed by atoms with E-state index in [0.717, 1.165) is 18.8 Å². The van der Waals surface area contributed by atoms with Gasteiger partial charge in [-0.2, -0.15) is 0 Å². The molecule has 4 heteroatoms. The Morgan fingerprint density at radius 3 is 2.93 bits per heavy atom. The largest absolute Gasteiger partial charge is 0.399 e. The number of fused-ring (bicyclic) bond motifs is 1. The van der Waals surface area contributed by atoms with Crippen molar-refractivity contribution < 1.29 is 4.74 Å². The van der Waals surface area contributed by atoms with Crippen molar-refractivity contribution in [1.29, 1.82) is 0 Å². The van der Waals surface area contributed by atoms with E-state index in [-0.39, 0.29) is 0 Å². The predicted molar refractivity (Wildman–Crippen MR) is 59.3 cm³/mol. The summed E-state index contributed by atoms with van der Waals surface area (Å²) in [6.45, 7) is 1.82. The van der Waals surface area contributed by atoms with Crippen LogP contribution >= 0.6 is 11.8 Å². The topological polar surface area (TPSA) is 38.5 Å². The first-order valence-electron chi connectivity index (χ1n) is 4.74. The molecule has 2 N–H and O–H groups in total. The molecule has 1 aromatic rings. The maximum Gasteiger partial charge on any atom is 0.135 e. The standard InChI is InChI=1S/C10H12N2OS/c11-7-1-3-8(4-2-7)12-5-6-13-10-9(12)14-10/h1-4,9-10H,5-6,11H2. The molecule has 3 nitrogen and oxygen atoms in total. The molecule has 2 saturated heterocycles. The molecule has 74 valence electrons. The van der Waals surface area contributed by atoms with E-state index in [2.05, 4.69) is 17.0 Å². The van der Waals surface area contributed by atoms with Crippen molar-refractivity contribution in [3.8, 4) is 0 Å². The zero-order chi connectivity index (χ0) is 9.54. The molecular weight excluding hydrogens is 196 g/mol. The lowest BCUT2D eigenvalue weighted by atomic mass is 10.2. The summed E-state index contributed by atoms with van der Waals surface area (Å²) in [5, 5.41) is 0.535. The van der Waals surface area contributed by atoms with Crippen LogP contribution in [-0.2, 0) is 4.74 Å². The van der Waals surface area contributed by atoms with Gasteiger partial charge in [-0.05, 0) is 24.3 Å². The van der Waals surface area contributed by atoms with Gasteiger partial charge in [0, 0.05) is 17.9 Å². The third kappa shape index (κ3) is 1.35. The summed E-state index contributed by atoms with van der Waals surface area (Å²) in [6.07, 6.45) is 0. The molecule has 0 spiro atoms. The van der Waals surface area contributed by atoms with Crippen molar-refractivity contribution in [3.05, 3.63) is 24.3 Å². The van der Waals surface area contributed by atoms with Crippen LogP contribution in [0.3, 0.4) is 0 Å². The second-order valence-corrected chi connectivity index (χ2v) is 4.77. The summed E-state index contributed by atoms with van der Waals surface area (Å²) in [6, 6.07) is 8.06. The van der Waals surface area contributed by atoms with E-state index in [1.807, 2.05) is 23.9 Å². The third-order valence-electron chi connectivity index (χ3n) is 2.58. The van der Waals surface area contributed by atoms with Gasteiger partial charge in [0.25, 0.3) is 0 Å². The number of nitrogens with zero attached hydrogens (tertiary/aromatic N) is 1. The molecule has 2 aliphatic rings. The lowest BCUT2D eigenvalue weighted by Gasteiger charge is -2.27. The highest BCUT2D eigenvalue weighted by molar-refractivity contribution is 8.07. The van der Waals surface area contributed by atoms with E-state index in [4.69, 9.17) is 10.5 Å². The summed E-state index contributed by atoms with van der Waals surface area (Å²) in [5.41, 5.74) is 8.13. The molecule has 0 aliphatic carbocycles. The third-order valence-corrected chi connectivity index (χ3v) is 3.70. The highest BCUT2D eigenvalue weighted by atomic mass is 32.2. The van der Waals surface area contributed by atoms with Gasteiger partial charge in [0.15, 0.2) is 0 Å². The number of ether oxygens (including phenoxy) is 1. The molecule has 14 heavy (non-hydrogen) atoms. The maximum absolute atomic E-state index is 5.65. The van der Waals surface area contributed by atoms with Gasteiger partial charge in [-0.3, -0.25) is 0 Å². The van der Waals surface area contributed by atoms with E-state index < -0.39 is 0 Å². The van der Waals surface area contributed by atoms with Crippen molar-refractivity contribution >= 4 is 23.1 Å². The Balaban J connectivity index is 1.84. The number of hydrogen-bond acceptors (Lipinski definition) is 4. The molecule has 0 amide bonds. The fourth-order valence-corrected chi connectivity index (χ4v) is 2.73. The van der Waals surface area contributed by atoms with Crippen molar-refractivity contribution in [3.63, 3.8) is 0 Å². The lowest BCUT2D eigenvalue weighted by molar-refractivity contribution is 0.114. The first kappa shape index (κ1) is 8.44. The van der Waals surface area contributed by atoms with E-state index in [1.165, 1.54) is 5.69 Å². The van der Waals surface area contributed by atoms with Crippen molar-refractivity contribution in [2.75, 3.05) is 23.8 Å². The highest BCUT2D eigenvalue weighted by Gasteiger charge is 2.47. The Kier molecular flexibility index (Phi) is 1.85. The number of anilines is 2. The van der Waals surface area contributed by atoms with Crippen molar-refractivity contribution in [2.24, 2.45) is 0 Å². The molecule has 2 atom stereocenters. The zero-order valence-electron chi connectivity index (χ0n) is 7.72. The van der Waals surface area contributed by atoms with Gasteiger partial charge in [-0.25, -0.2) is 0 Å². The number of benzene rings is 1. The van der Waals surface area contributed by atoms with Gasteiger partial charge in [0.05, 0.1) is 6.61 Å².